The van der Waals surface area contributed by atoms with Gasteiger partial charge in [-0.1, -0.05) is 45.5 Å². The quantitative estimate of drug-likeness (QED) is 0.275. The molecule has 11 heteroatoms. The summed E-state index contributed by atoms with van der Waals surface area (Å²) in [4.78, 5) is 22.1. The number of carbonyl (C=O) groups excluding carboxylic acids is 1. The number of likely N-dealkylation sites (N-methyl/N-ethyl adjacent to an activating group) is 1. The van der Waals surface area contributed by atoms with Crippen molar-refractivity contribution in [1.82, 2.24) is 9.88 Å². The van der Waals surface area contributed by atoms with E-state index in [1.165, 1.54) is 27.8 Å². The third-order valence-corrected chi connectivity index (χ3v) is 9.48. The van der Waals surface area contributed by atoms with Crippen molar-refractivity contribution >= 4 is 76.6 Å². The van der Waals surface area contributed by atoms with E-state index in [1.807, 2.05) is 61.5 Å². The molecule has 194 valence electrons. The fraction of sp³-hybridized carbons (Fsp3) is 0.231. The first kappa shape index (κ1) is 27.5. The first-order valence-corrected chi connectivity index (χ1v) is 14.5. The highest BCUT2D eigenvalue weighted by Gasteiger charge is 2.31. The van der Waals surface area contributed by atoms with Crippen LogP contribution in [0, 0.1) is 0 Å². The molecule has 0 bridgehead atoms. The second-order valence-corrected chi connectivity index (χ2v) is 12.6. The average molecular weight is 622 g/mol. The van der Waals surface area contributed by atoms with E-state index in [9.17, 15) is 13.2 Å². The van der Waals surface area contributed by atoms with Crippen molar-refractivity contribution in [2.24, 2.45) is 0 Å². The van der Waals surface area contributed by atoms with E-state index in [0.29, 0.717) is 36.8 Å². The maximum atomic E-state index is 13.6. The van der Waals surface area contributed by atoms with Crippen LogP contribution in [0.5, 0.6) is 0 Å². The van der Waals surface area contributed by atoms with E-state index in [1.54, 1.807) is 17.0 Å². The van der Waals surface area contributed by atoms with Gasteiger partial charge in [0.2, 0.25) is 0 Å². The van der Waals surface area contributed by atoms with Crippen molar-refractivity contribution < 1.29 is 13.2 Å². The van der Waals surface area contributed by atoms with Gasteiger partial charge in [-0.2, -0.15) is 0 Å². The van der Waals surface area contributed by atoms with Crippen molar-refractivity contribution in [3.05, 3.63) is 82.3 Å². The Labute approximate surface area is 235 Å². The predicted octanol–water partition coefficient (Wildman–Crippen LogP) is 5.44. The summed E-state index contributed by atoms with van der Waals surface area (Å²) < 4.78 is 30.1. The molecular formula is C26H26BrClN4O3S2. The molecule has 37 heavy (non-hydrogen) atoms. The van der Waals surface area contributed by atoms with Crippen LogP contribution in [0.1, 0.15) is 15.9 Å². The lowest BCUT2D eigenvalue weighted by atomic mass is 10.2. The van der Waals surface area contributed by atoms with Gasteiger partial charge >= 0.3 is 0 Å². The number of aromatic nitrogens is 1. The minimum absolute atomic E-state index is 0. The Morgan fingerprint density at radius 2 is 1.78 bits per heavy atom. The Hall–Kier alpha value is -2.50. The summed E-state index contributed by atoms with van der Waals surface area (Å²) in [7, 11) is 0.182. The summed E-state index contributed by atoms with van der Waals surface area (Å²) in [6.45, 7) is 1.53. The van der Waals surface area contributed by atoms with E-state index in [0.717, 1.165) is 25.9 Å². The second kappa shape index (κ2) is 11.1. The molecule has 3 aromatic carbocycles. The number of halogens is 2. The third-order valence-electron chi connectivity index (χ3n) is 6.12. The van der Waals surface area contributed by atoms with E-state index in [4.69, 9.17) is 4.98 Å². The molecule has 0 spiro atoms. The summed E-state index contributed by atoms with van der Waals surface area (Å²) in [6.07, 6.45) is 0.686. The van der Waals surface area contributed by atoms with Crippen LogP contribution in [0.4, 0.5) is 10.8 Å². The lowest BCUT2D eigenvalue weighted by molar-refractivity contribution is 0.0985. The SMILES string of the molecule is CN(C)CCN(C(=O)c1ccc(S(=O)(=O)N2CCc3ccccc32)cc1)c1nc2ccc(Br)cc2s1.Cl. The van der Waals surface area contributed by atoms with Gasteiger partial charge in [-0.3, -0.25) is 14.0 Å². The third kappa shape index (κ3) is 5.53. The largest absolute Gasteiger partial charge is 0.308 e. The predicted molar refractivity (Wildman–Crippen MR) is 156 cm³/mol. The molecule has 4 aromatic rings. The molecule has 1 aromatic heterocycles. The number of nitrogens with zero attached hydrogens (tertiary/aromatic N) is 4. The molecular weight excluding hydrogens is 596 g/mol. The van der Waals surface area contributed by atoms with Crippen molar-refractivity contribution in [1.29, 1.82) is 0 Å². The maximum Gasteiger partial charge on any atom is 0.264 e. The van der Waals surface area contributed by atoms with Crippen LogP contribution in [0.25, 0.3) is 10.2 Å². The molecule has 0 atom stereocenters. The van der Waals surface area contributed by atoms with Crippen LogP contribution in [-0.2, 0) is 16.4 Å². The highest BCUT2D eigenvalue weighted by atomic mass is 79.9. The molecule has 0 saturated heterocycles. The van der Waals surface area contributed by atoms with Crippen LogP contribution >= 0.6 is 39.7 Å². The Balaban J connectivity index is 0.00000320. The summed E-state index contributed by atoms with van der Waals surface area (Å²) in [5, 5.41) is 0.611. The number of para-hydroxylation sites is 1. The summed E-state index contributed by atoms with van der Waals surface area (Å²) >= 11 is 4.94. The fourth-order valence-corrected chi connectivity index (χ4v) is 7.24. The van der Waals surface area contributed by atoms with Crippen molar-refractivity contribution in [2.75, 3.05) is 42.9 Å². The lowest BCUT2D eigenvalue weighted by Crippen LogP contribution is -2.36. The zero-order chi connectivity index (χ0) is 25.4. The zero-order valence-corrected chi connectivity index (χ0v) is 24.3. The first-order valence-electron chi connectivity index (χ1n) is 11.5. The molecule has 0 unspecified atom stereocenters. The summed E-state index contributed by atoms with van der Waals surface area (Å²) in [6, 6.07) is 19.6. The van der Waals surface area contributed by atoms with Crippen molar-refractivity contribution in [2.45, 2.75) is 11.3 Å². The molecule has 2 heterocycles. The first-order chi connectivity index (χ1) is 17.2. The van der Waals surface area contributed by atoms with Gasteiger partial charge < -0.3 is 4.90 Å². The van der Waals surface area contributed by atoms with Gasteiger partial charge in [0.05, 0.1) is 20.8 Å². The van der Waals surface area contributed by atoms with Gasteiger partial charge in [0, 0.05) is 29.7 Å². The Bertz CT molecular complexity index is 1540. The molecule has 1 aliphatic heterocycles. The number of carbonyl (C=O) groups is 1. The van der Waals surface area contributed by atoms with Gasteiger partial charge in [-0.05, 0) is 74.6 Å². The number of amides is 1. The van der Waals surface area contributed by atoms with Gasteiger partial charge in [-0.25, -0.2) is 13.4 Å². The minimum Gasteiger partial charge on any atom is -0.308 e. The molecule has 0 radical (unpaired) electrons. The highest BCUT2D eigenvalue weighted by Crippen LogP contribution is 2.34. The van der Waals surface area contributed by atoms with Crippen LogP contribution in [0.2, 0.25) is 0 Å². The summed E-state index contributed by atoms with van der Waals surface area (Å²) in [5.74, 6) is -0.217. The highest BCUT2D eigenvalue weighted by molar-refractivity contribution is 9.10. The van der Waals surface area contributed by atoms with Crippen LogP contribution in [0.3, 0.4) is 0 Å². The monoisotopic (exact) mass is 620 g/mol. The zero-order valence-electron chi connectivity index (χ0n) is 20.3. The second-order valence-electron chi connectivity index (χ2n) is 8.85. The Morgan fingerprint density at radius 1 is 1.05 bits per heavy atom. The number of hydrogen-bond donors (Lipinski definition) is 0. The number of sulfonamides is 1. The molecule has 0 aliphatic carbocycles. The fourth-order valence-electron chi connectivity index (χ4n) is 4.20. The number of benzene rings is 3. The van der Waals surface area contributed by atoms with Gasteiger partial charge in [0.15, 0.2) is 5.13 Å². The number of rotatable bonds is 7. The topological polar surface area (TPSA) is 73.8 Å². The van der Waals surface area contributed by atoms with E-state index in [2.05, 4.69) is 15.9 Å². The van der Waals surface area contributed by atoms with E-state index < -0.39 is 10.0 Å². The Morgan fingerprint density at radius 3 is 2.51 bits per heavy atom. The summed E-state index contributed by atoms with van der Waals surface area (Å²) in [5.41, 5.74) is 2.98. The van der Waals surface area contributed by atoms with Gasteiger partial charge in [0.25, 0.3) is 15.9 Å². The average Bonchev–Trinajstić information content (AvgIpc) is 3.48. The number of anilines is 2. The lowest BCUT2D eigenvalue weighted by Gasteiger charge is -2.22. The normalized spacial score (nSPS) is 13.0. The molecule has 1 aliphatic rings. The van der Waals surface area contributed by atoms with Crippen molar-refractivity contribution in [3.63, 3.8) is 0 Å². The molecule has 0 saturated carbocycles. The molecule has 0 N–H and O–H groups in total. The molecule has 7 nitrogen and oxygen atoms in total. The number of fused-ring (bicyclic) bond motifs is 2. The van der Waals surface area contributed by atoms with Crippen LogP contribution in [-0.4, -0.2) is 57.9 Å². The Kier molecular flexibility index (Phi) is 8.25. The molecule has 5 rings (SSSR count). The maximum absolute atomic E-state index is 13.6. The smallest absolute Gasteiger partial charge is 0.264 e. The van der Waals surface area contributed by atoms with Crippen LogP contribution < -0.4 is 9.21 Å². The van der Waals surface area contributed by atoms with Crippen molar-refractivity contribution in [3.8, 4) is 0 Å². The molecule has 1 amide bonds. The van der Waals surface area contributed by atoms with E-state index >= 15 is 0 Å². The van der Waals surface area contributed by atoms with E-state index in [-0.39, 0.29) is 23.2 Å². The molecule has 0 fully saturated rings. The minimum atomic E-state index is -3.72. The number of hydrogen-bond acceptors (Lipinski definition) is 6. The van der Waals surface area contributed by atoms with Crippen LogP contribution in [0.15, 0.2) is 76.1 Å². The van der Waals surface area contributed by atoms with Gasteiger partial charge in [0.1, 0.15) is 0 Å². The number of thiazole rings is 1. The standard InChI is InChI=1S/C26H25BrN4O3S2.ClH/c1-29(2)15-16-30(26-28-22-12-9-20(27)17-24(22)35-26)25(32)19-7-10-21(11-8-19)36(33,34)31-14-13-18-5-3-4-6-23(18)31;/h3-12,17H,13-16H2,1-2H3;1H. The van der Waals surface area contributed by atoms with Gasteiger partial charge in [-0.15, -0.1) is 12.4 Å².